The first-order valence-electron chi connectivity index (χ1n) is 5.84. The molecule has 0 aliphatic rings. The van der Waals surface area contributed by atoms with Gasteiger partial charge in [0.25, 0.3) is 0 Å². The molecule has 2 aromatic carbocycles. The van der Waals surface area contributed by atoms with Crippen molar-refractivity contribution in [2.45, 2.75) is 6.04 Å². The average molecular weight is 320 g/mol. The summed E-state index contributed by atoms with van der Waals surface area (Å²) in [6.07, 6.45) is 0. The van der Waals surface area contributed by atoms with Gasteiger partial charge in [0.05, 0.1) is 10.5 Å². The molecule has 0 aliphatic heterocycles. The van der Waals surface area contributed by atoms with E-state index in [-0.39, 0.29) is 5.82 Å². The highest BCUT2D eigenvalue weighted by Gasteiger charge is 2.15. The summed E-state index contributed by atoms with van der Waals surface area (Å²) < 4.78 is 19.6. The quantitative estimate of drug-likeness (QED) is 0.761. The Hall–Kier alpha value is -1.65. The Labute approximate surface area is 118 Å². The Morgan fingerprint density at radius 1 is 1.11 bits per heavy atom. The molecule has 1 atom stereocenters. The van der Waals surface area contributed by atoms with Gasteiger partial charge in [-0.25, -0.2) is 4.39 Å². The van der Waals surface area contributed by atoms with Crippen LogP contribution in [0.25, 0.3) is 11.0 Å². The van der Waals surface area contributed by atoms with Crippen LogP contribution in [0, 0.1) is 5.82 Å². The normalized spacial score (nSPS) is 12.8. The molecule has 3 rings (SSSR count). The second-order valence-corrected chi connectivity index (χ2v) is 5.19. The van der Waals surface area contributed by atoms with Crippen LogP contribution in [0.1, 0.15) is 17.4 Å². The summed E-state index contributed by atoms with van der Waals surface area (Å²) in [5.74, 6) is 0.386. The molecule has 2 nitrogen and oxygen atoms in total. The maximum Gasteiger partial charge on any atom is 0.148 e. The van der Waals surface area contributed by atoms with Crippen LogP contribution in [0.3, 0.4) is 0 Å². The van der Waals surface area contributed by atoms with Crippen LogP contribution in [0.5, 0.6) is 0 Å². The van der Waals surface area contributed by atoms with Gasteiger partial charge in [-0.2, -0.15) is 0 Å². The zero-order chi connectivity index (χ0) is 13.4. The van der Waals surface area contributed by atoms with Crippen LogP contribution in [0.2, 0.25) is 0 Å². The fourth-order valence-corrected chi connectivity index (χ4v) is 2.50. The molecule has 0 fully saturated rings. The van der Waals surface area contributed by atoms with E-state index < -0.39 is 6.04 Å². The molecule has 4 heteroatoms. The van der Waals surface area contributed by atoms with E-state index in [0.717, 1.165) is 21.0 Å². The van der Waals surface area contributed by atoms with Gasteiger partial charge in [0.2, 0.25) is 0 Å². The van der Waals surface area contributed by atoms with E-state index in [1.807, 2.05) is 24.3 Å². The molecule has 19 heavy (non-hydrogen) atoms. The molecule has 0 saturated heterocycles. The highest BCUT2D eigenvalue weighted by atomic mass is 79.9. The molecule has 0 spiro atoms. The minimum Gasteiger partial charge on any atom is -0.458 e. The van der Waals surface area contributed by atoms with E-state index in [1.54, 1.807) is 12.1 Å². The number of fused-ring (bicyclic) bond motifs is 1. The van der Waals surface area contributed by atoms with Gasteiger partial charge in [0.1, 0.15) is 17.2 Å². The molecule has 0 bridgehead atoms. The zero-order valence-electron chi connectivity index (χ0n) is 9.94. The highest BCUT2D eigenvalue weighted by Crippen LogP contribution is 2.31. The SMILES string of the molecule is NC(c1ccc(F)cc1)c1cc2cccc(Br)c2o1. The molecular formula is C15H11BrFNO. The minimum atomic E-state index is -0.403. The third-order valence-electron chi connectivity index (χ3n) is 3.05. The fourth-order valence-electron chi connectivity index (χ4n) is 2.04. The molecule has 2 N–H and O–H groups in total. The van der Waals surface area contributed by atoms with E-state index in [9.17, 15) is 4.39 Å². The van der Waals surface area contributed by atoms with Crippen LogP contribution >= 0.6 is 15.9 Å². The van der Waals surface area contributed by atoms with Gasteiger partial charge < -0.3 is 10.2 Å². The van der Waals surface area contributed by atoms with Gasteiger partial charge >= 0.3 is 0 Å². The molecule has 0 aliphatic carbocycles. The maximum absolute atomic E-state index is 12.9. The third kappa shape index (κ3) is 2.29. The molecule has 96 valence electrons. The highest BCUT2D eigenvalue weighted by molar-refractivity contribution is 9.10. The summed E-state index contributed by atoms with van der Waals surface area (Å²) in [7, 11) is 0. The van der Waals surface area contributed by atoms with Crippen LogP contribution in [0.15, 0.2) is 57.4 Å². The molecule has 0 radical (unpaired) electrons. The maximum atomic E-state index is 12.9. The van der Waals surface area contributed by atoms with Crippen LogP contribution in [0.4, 0.5) is 4.39 Å². The van der Waals surface area contributed by atoms with Crippen molar-refractivity contribution in [2.75, 3.05) is 0 Å². The van der Waals surface area contributed by atoms with Crippen molar-refractivity contribution in [3.8, 4) is 0 Å². The van der Waals surface area contributed by atoms with Gasteiger partial charge in [-0.05, 0) is 45.8 Å². The van der Waals surface area contributed by atoms with Gasteiger partial charge in [-0.1, -0.05) is 24.3 Å². The molecule has 1 unspecified atom stereocenters. The van der Waals surface area contributed by atoms with Gasteiger partial charge in [0, 0.05) is 5.39 Å². The van der Waals surface area contributed by atoms with Gasteiger partial charge in [-0.15, -0.1) is 0 Å². The number of nitrogens with two attached hydrogens (primary N) is 1. The monoisotopic (exact) mass is 319 g/mol. The largest absolute Gasteiger partial charge is 0.458 e. The standard InChI is InChI=1S/C15H11BrFNO/c16-12-3-1-2-10-8-13(19-15(10)12)14(18)9-4-6-11(17)7-5-9/h1-8,14H,18H2. The van der Waals surface area contributed by atoms with Crippen molar-refractivity contribution in [2.24, 2.45) is 5.73 Å². The summed E-state index contributed by atoms with van der Waals surface area (Å²) >= 11 is 3.44. The lowest BCUT2D eigenvalue weighted by Gasteiger charge is -2.08. The Kier molecular flexibility index (Phi) is 3.12. The fraction of sp³-hybridized carbons (Fsp3) is 0.0667. The summed E-state index contributed by atoms with van der Waals surface area (Å²) in [4.78, 5) is 0. The van der Waals surface area contributed by atoms with Crippen molar-refractivity contribution in [1.29, 1.82) is 0 Å². The van der Waals surface area contributed by atoms with Crippen LogP contribution in [-0.2, 0) is 0 Å². The van der Waals surface area contributed by atoms with Crippen molar-refractivity contribution in [1.82, 2.24) is 0 Å². The van der Waals surface area contributed by atoms with Crippen LogP contribution < -0.4 is 5.73 Å². The van der Waals surface area contributed by atoms with Crippen molar-refractivity contribution >= 4 is 26.9 Å². The number of para-hydroxylation sites is 1. The smallest absolute Gasteiger partial charge is 0.148 e. The average Bonchev–Trinajstić information content (AvgIpc) is 2.84. The number of halogens is 2. The lowest BCUT2D eigenvalue weighted by atomic mass is 10.1. The van der Waals surface area contributed by atoms with E-state index in [4.69, 9.17) is 10.2 Å². The molecule has 0 amide bonds. The van der Waals surface area contributed by atoms with E-state index in [1.165, 1.54) is 12.1 Å². The molecule has 1 heterocycles. The van der Waals surface area contributed by atoms with E-state index in [2.05, 4.69) is 15.9 Å². The summed E-state index contributed by atoms with van der Waals surface area (Å²) in [5, 5.41) is 0.988. The van der Waals surface area contributed by atoms with Gasteiger partial charge in [-0.3, -0.25) is 0 Å². The summed E-state index contributed by atoms with van der Waals surface area (Å²) in [5.41, 5.74) is 7.74. The predicted molar refractivity (Wildman–Crippen MR) is 76.3 cm³/mol. The Morgan fingerprint density at radius 2 is 1.84 bits per heavy atom. The summed E-state index contributed by atoms with van der Waals surface area (Å²) in [6.45, 7) is 0. The molecule has 0 saturated carbocycles. The first-order chi connectivity index (χ1) is 9.15. The minimum absolute atomic E-state index is 0.275. The molecule has 3 aromatic rings. The number of furan rings is 1. The van der Waals surface area contributed by atoms with Crippen molar-refractivity contribution in [3.05, 3.63) is 70.1 Å². The molecular weight excluding hydrogens is 309 g/mol. The number of hydrogen-bond donors (Lipinski definition) is 1. The predicted octanol–water partition coefficient (Wildman–Crippen LogP) is 4.38. The topological polar surface area (TPSA) is 39.2 Å². The lowest BCUT2D eigenvalue weighted by molar-refractivity contribution is 0.523. The second-order valence-electron chi connectivity index (χ2n) is 4.34. The van der Waals surface area contributed by atoms with Crippen LogP contribution in [-0.4, -0.2) is 0 Å². The first kappa shape index (κ1) is 12.4. The first-order valence-corrected chi connectivity index (χ1v) is 6.63. The number of hydrogen-bond acceptors (Lipinski definition) is 2. The number of benzene rings is 2. The molecule has 1 aromatic heterocycles. The van der Waals surface area contributed by atoms with E-state index in [0.29, 0.717) is 5.76 Å². The Bertz CT molecular complexity index is 721. The van der Waals surface area contributed by atoms with Crippen molar-refractivity contribution < 1.29 is 8.81 Å². The van der Waals surface area contributed by atoms with Crippen molar-refractivity contribution in [3.63, 3.8) is 0 Å². The summed E-state index contributed by atoms with van der Waals surface area (Å²) in [6, 6.07) is 13.5. The van der Waals surface area contributed by atoms with Gasteiger partial charge in [0.15, 0.2) is 0 Å². The lowest BCUT2D eigenvalue weighted by Crippen LogP contribution is -2.10. The third-order valence-corrected chi connectivity index (χ3v) is 3.68. The Balaban J connectivity index is 2.04. The second kappa shape index (κ2) is 4.79. The Morgan fingerprint density at radius 3 is 2.53 bits per heavy atom. The zero-order valence-corrected chi connectivity index (χ0v) is 11.5. The van der Waals surface area contributed by atoms with E-state index >= 15 is 0 Å². The number of rotatable bonds is 2.